The molecule has 2 heterocycles. The highest BCUT2D eigenvalue weighted by molar-refractivity contribution is 5.92. The van der Waals surface area contributed by atoms with Crippen molar-refractivity contribution in [3.05, 3.63) is 12.2 Å². The van der Waals surface area contributed by atoms with E-state index in [1.807, 2.05) is 6.08 Å². The maximum atomic E-state index is 13.0. The van der Waals surface area contributed by atoms with Gasteiger partial charge in [-0.05, 0) is 95.6 Å². The Morgan fingerprint density at radius 2 is 1.89 bits per heavy atom. The summed E-state index contributed by atoms with van der Waals surface area (Å²) in [6.45, 7) is 12.5. The van der Waals surface area contributed by atoms with Crippen molar-refractivity contribution in [2.45, 2.75) is 77.8 Å². The van der Waals surface area contributed by atoms with E-state index in [1.165, 1.54) is 19.3 Å². The van der Waals surface area contributed by atoms with Crippen LogP contribution in [0.3, 0.4) is 0 Å². The summed E-state index contributed by atoms with van der Waals surface area (Å²) < 4.78 is 0. The summed E-state index contributed by atoms with van der Waals surface area (Å²) in [5.74, 6) is 2.58. The first-order valence-electron chi connectivity index (χ1n) is 10.8. The molecule has 4 nitrogen and oxygen atoms in total. The highest BCUT2D eigenvalue weighted by Crippen LogP contribution is 2.63. The quantitative estimate of drug-likeness (QED) is 0.766. The van der Waals surface area contributed by atoms with Gasteiger partial charge in [-0.1, -0.05) is 13.0 Å². The molecule has 150 valence electrons. The number of hydrogen-bond donors (Lipinski definition) is 1. The van der Waals surface area contributed by atoms with Crippen molar-refractivity contribution < 1.29 is 9.59 Å². The van der Waals surface area contributed by atoms with E-state index in [1.54, 1.807) is 0 Å². The van der Waals surface area contributed by atoms with Gasteiger partial charge in [0.05, 0.1) is 6.54 Å². The van der Waals surface area contributed by atoms with Gasteiger partial charge >= 0.3 is 0 Å². The third-order valence-corrected chi connectivity index (χ3v) is 8.37. The van der Waals surface area contributed by atoms with Crippen LogP contribution in [-0.4, -0.2) is 40.8 Å². The van der Waals surface area contributed by atoms with Crippen LogP contribution >= 0.6 is 0 Å². The van der Waals surface area contributed by atoms with Crippen LogP contribution in [0.15, 0.2) is 12.2 Å². The molecular formula is C23H36N2O2. The molecule has 6 atom stereocenters. The Morgan fingerprint density at radius 3 is 2.59 bits per heavy atom. The monoisotopic (exact) mass is 372 g/mol. The molecule has 27 heavy (non-hydrogen) atoms. The van der Waals surface area contributed by atoms with Crippen LogP contribution in [-0.2, 0) is 9.59 Å². The van der Waals surface area contributed by atoms with E-state index in [4.69, 9.17) is 0 Å². The first kappa shape index (κ1) is 19.2. The lowest BCUT2D eigenvalue weighted by molar-refractivity contribution is -0.137. The van der Waals surface area contributed by atoms with Gasteiger partial charge in [-0.2, -0.15) is 0 Å². The van der Waals surface area contributed by atoms with E-state index in [-0.39, 0.29) is 34.1 Å². The van der Waals surface area contributed by atoms with Crippen LogP contribution in [0.1, 0.15) is 66.7 Å². The van der Waals surface area contributed by atoms with Gasteiger partial charge in [0.25, 0.3) is 0 Å². The number of carbonyl (C=O) groups is 2. The third-order valence-electron chi connectivity index (χ3n) is 8.37. The number of fused-ring (bicyclic) bond motifs is 5. The van der Waals surface area contributed by atoms with Crippen LogP contribution in [0.4, 0.5) is 0 Å². The third kappa shape index (κ3) is 2.99. The van der Waals surface area contributed by atoms with Crippen molar-refractivity contribution in [3.63, 3.8) is 0 Å². The number of hydrogen-bond acceptors (Lipinski definition) is 3. The number of nitrogens with zero attached hydrogens (tertiary/aromatic N) is 1. The second kappa shape index (κ2) is 6.17. The topological polar surface area (TPSA) is 49.4 Å². The highest BCUT2D eigenvalue weighted by atomic mass is 16.2. The van der Waals surface area contributed by atoms with E-state index in [9.17, 15) is 9.59 Å². The van der Waals surface area contributed by atoms with Gasteiger partial charge in [0, 0.05) is 17.0 Å². The highest BCUT2D eigenvalue weighted by Gasteiger charge is 2.60. The summed E-state index contributed by atoms with van der Waals surface area (Å²) >= 11 is 0. The predicted octanol–water partition coefficient (Wildman–Crippen LogP) is 3.56. The predicted molar refractivity (Wildman–Crippen MR) is 107 cm³/mol. The Morgan fingerprint density at radius 1 is 1.15 bits per heavy atom. The standard InChI is InChI=1S/C23H36N2O2/c1-21(2,3)24-20(27)19-7-6-17-16-10-13-25-14-15(26)8-12-23(25,5)18(16)9-11-22(17,19)4/h8,12,16-19H,6-7,9-11,13-14H2,1-5H3,(H,24,27)/t16-,17-,18+,19?,22-,23+/m0/s1. The molecule has 2 saturated carbocycles. The fourth-order valence-electron chi connectivity index (χ4n) is 7.06. The molecule has 0 aromatic heterocycles. The van der Waals surface area contributed by atoms with E-state index in [2.05, 4.69) is 50.9 Å². The van der Waals surface area contributed by atoms with Gasteiger partial charge < -0.3 is 5.32 Å². The number of amides is 1. The summed E-state index contributed by atoms with van der Waals surface area (Å²) in [6.07, 6.45) is 9.70. The van der Waals surface area contributed by atoms with Gasteiger partial charge in [0.15, 0.2) is 5.78 Å². The molecule has 0 aromatic rings. The minimum Gasteiger partial charge on any atom is -0.351 e. The molecule has 1 saturated heterocycles. The first-order chi connectivity index (χ1) is 12.5. The van der Waals surface area contributed by atoms with Crippen LogP contribution in [0.2, 0.25) is 0 Å². The Kier molecular flexibility index (Phi) is 4.38. The molecule has 2 aliphatic heterocycles. The number of ketones is 1. The molecule has 0 radical (unpaired) electrons. The zero-order valence-corrected chi connectivity index (χ0v) is 17.7. The van der Waals surface area contributed by atoms with E-state index in [0.29, 0.717) is 24.3 Å². The minimum absolute atomic E-state index is 0.0178. The fraction of sp³-hybridized carbons (Fsp3) is 0.826. The summed E-state index contributed by atoms with van der Waals surface area (Å²) in [4.78, 5) is 27.4. The zero-order chi connectivity index (χ0) is 19.6. The van der Waals surface area contributed by atoms with E-state index >= 15 is 0 Å². The van der Waals surface area contributed by atoms with Crippen LogP contribution in [0.25, 0.3) is 0 Å². The maximum Gasteiger partial charge on any atom is 0.224 e. The summed E-state index contributed by atoms with van der Waals surface area (Å²) in [5, 5.41) is 3.25. The number of carbonyl (C=O) groups excluding carboxylic acids is 2. The molecule has 4 rings (SSSR count). The molecular weight excluding hydrogens is 336 g/mol. The molecule has 2 aliphatic carbocycles. The van der Waals surface area contributed by atoms with Crippen LogP contribution < -0.4 is 5.32 Å². The molecule has 0 bridgehead atoms. The molecule has 1 N–H and O–H groups in total. The molecule has 3 fully saturated rings. The summed E-state index contributed by atoms with van der Waals surface area (Å²) in [5.41, 5.74) is -0.0197. The van der Waals surface area contributed by atoms with E-state index in [0.717, 1.165) is 19.4 Å². The number of rotatable bonds is 1. The number of nitrogens with one attached hydrogen (secondary N) is 1. The zero-order valence-electron chi connectivity index (χ0n) is 17.7. The smallest absolute Gasteiger partial charge is 0.224 e. The first-order valence-corrected chi connectivity index (χ1v) is 10.8. The van der Waals surface area contributed by atoms with Gasteiger partial charge in [-0.25, -0.2) is 0 Å². The minimum atomic E-state index is -0.166. The van der Waals surface area contributed by atoms with Crippen molar-refractivity contribution in [2.75, 3.05) is 13.1 Å². The van der Waals surface area contributed by atoms with Gasteiger partial charge in [0.1, 0.15) is 0 Å². The average Bonchev–Trinajstić information content (AvgIpc) is 2.91. The number of piperidine rings is 1. The lowest BCUT2D eigenvalue weighted by Crippen LogP contribution is -2.63. The van der Waals surface area contributed by atoms with E-state index < -0.39 is 0 Å². The molecule has 1 amide bonds. The van der Waals surface area contributed by atoms with Crippen molar-refractivity contribution in [2.24, 2.45) is 29.1 Å². The lowest BCUT2D eigenvalue weighted by atomic mass is 9.52. The fourth-order valence-corrected chi connectivity index (χ4v) is 7.06. The molecule has 4 heteroatoms. The van der Waals surface area contributed by atoms with Crippen molar-refractivity contribution in [1.29, 1.82) is 0 Å². The van der Waals surface area contributed by atoms with Crippen molar-refractivity contribution >= 4 is 11.7 Å². The van der Waals surface area contributed by atoms with Crippen molar-refractivity contribution in [1.82, 2.24) is 10.2 Å². The van der Waals surface area contributed by atoms with Crippen molar-refractivity contribution in [3.8, 4) is 0 Å². The Hall–Kier alpha value is -1.16. The Bertz CT molecular complexity index is 678. The molecule has 0 spiro atoms. The molecule has 1 unspecified atom stereocenters. The second-order valence-electron chi connectivity index (χ2n) is 11.0. The Balaban J connectivity index is 1.58. The SMILES string of the molecule is CC(C)(C)NC(=O)C1CC[C@H]2[C@@H]3CCN4CC(=O)C=C[C@]4(C)[C@@H]3CC[C@]12C. The molecule has 0 aromatic carbocycles. The average molecular weight is 373 g/mol. The Labute approximate surface area is 164 Å². The molecule has 4 aliphatic rings. The van der Waals surface area contributed by atoms with Gasteiger partial charge in [-0.15, -0.1) is 0 Å². The normalized spacial score (nSPS) is 44.4. The van der Waals surface area contributed by atoms with Gasteiger partial charge in [0.2, 0.25) is 5.91 Å². The summed E-state index contributed by atoms with van der Waals surface area (Å²) in [7, 11) is 0. The maximum absolute atomic E-state index is 13.0. The second-order valence-corrected chi connectivity index (χ2v) is 11.0. The van der Waals surface area contributed by atoms with Gasteiger partial charge in [-0.3, -0.25) is 14.5 Å². The van der Waals surface area contributed by atoms with Crippen LogP contribution in [0, 0.1) is 29.1 Å². The lowest BCUT2D eigenvalue weighted by Gasteiger charge is -2.59. The largest absolute Gasteiger partial charge is 0.351 e. The van der Waals surface area contributed by atoms with Crippen LogP contribution in [0.5, 0.6) is 0 Å². The summed E-state index contributed by atoms with van der Waals surface area (Å²) in [6, 6.07) is 0.